The Morgan fingerprint density at radius 2 is 1.00 bits per heavy atom. The second-order valence-corrected chi connectivity index (χ2v) is 3.38. The molecule has 1 rings (SSSR count). The van der Waals surface area contributed by atoms with Crippen molar-refractivity contribution in [3.63, 3.8) is 0 Å². The van der Waals surface area contributed by atoms with Gasteiger partial charge in [-0.2, -0.15) is 0 Å². The molecule has 0 spiro atoms. The number of aryl methyl sites for hydroxylation is 2. The van der Waals surface area contributed by atoms with Crippen LogP contribution in [-0.4, -0.2) is 17.5 Å². The Morgan fingerprint density at radius 3 is 1.13 bits per heavy atom. The minimum atomic E-state index is -5.17. The summed E-state index contributed by atoms with van der Waals surface area (Å²) in [4.78, 5) is 0. The maximum absolute atomic E-state index is 8.52. The monoisotopic (exact) mass is 248 g/mol. The summed E-state index contributed by atoms with van der Waals surface area (Å²) in [6.07, 6.45) is 0. The summed E-state index contributed by atoms with van der Waals surface area (Å²) < 4.78 is 34.1. The summed E-state index contributed by atoms with van der Waals surface area (Å²) >= 11 is 0. The molecule has 0 aromatic heterocycles. The van der Waals surface area contributed by atoms with Crippen molar-refractivity contribution in [2.45, 2.75) is 13.8 Å². The molecule has 74 valence electrons. The van der Waals surface area contributed by atoms with E-state index < -0.39 is 10.4 Å². The average molecular weight is 248 g/mol. The Bertz CT molecular complexity index is 318. The fraction of sp³-hybridized carbons (Fsp3) is 0.250. The third kappa shape index (κ3) is 21.0. The first-order valence-corrected chi connectivity index (χ1v) is 4.82. The number of benzene rings is 1. The zero-order valence-electron chi connectivity index (χ0n) is 9.35. The third-order valence-corrected chi connectivity index (χ3v) is 1.22. The van der Waals surface area contributed by atoms with Crippen LogP contribution in [0.4, 0.5) is 0 Å². The molecule has 4 nitrogen and oxygen atoms in total. The molecule has 0 heterocycles. The van der Waals surface area contributed by atoms with Crippen LogP contribution in [-0.2, 0) is 10.4 Å². The number of hydrogen-bond donors (Lipinski definition) is 0. The largest absolute Gasteiger partial charge is 1.00 e. The Labute approximate surface area is 135 Å². The van der Waals surface area contributed by atoms with Gasteiger partial charge in [-0.1, -0.05) is 35.4 Å². The van der Waals surface area contributed by atoms with E-state index in [9.17, 15) is 0 Å². The molecule has 0 saturated carbocycles. The second-order valence-electron chi connectivity index (χ2n) is 2.56. The van der Waals surface area contributed by atoms with Crippen molar-refractivity contribution < 1.29 is 76.6 Å². The molecule has 0 bridgehead atoms. The molecule has 1 aromatic carbocycles. The van der Waals surface area contributed by atoms with Crippen LogP contribution in [0, 0.1) is 13.8 Å². The molecule has 0 unspecified atom stereocenters. The standard InChI is InChI=1S/C8H10.2Na.H2O4S/c1-7-3-5-8(2)6-4-7;;;1-5(2,3)4/h3-6H,1-2H3;;;(H2,1,2,3,4)/q;2*+1;/p-2. The Balaban J connectivity index is -0.000000185. The van der Waals surface area contributed by atoms with E-state index in [1.807, 2.05) is 0 Å². The van der Waals surface area contributed by atoms with Gasteiger partial charge in [-0.3, -0.25) is 8.42 Å². The van der Waals surface area contributed by atoms with E-state index in [0.29, 0.717) is 0 Å². The number of hydrogen-bond acceptors (Lipinski definition) is 4. The van der Waals surface area contributed by atoms with Crippen molar-refractivity contribution in [2.24, 2.45) is 0 Å². The molecule has 0 aliphatic heterocycles. The summed E-state index contributed by atoms with van der Waals surface area (Å²) in [5.41, 5.74) is 2.66. The summed E-state index contributed by atoms with van der Waals surface area (Å²) in [6, 6.07) is 8.48. The van der Waals surface area contributed by atoms with Gasteiger partial charge in [-0.25, -0.2) is 0 Å². The molecule has 0 atom stereocenters. The van der Waals surface area contributed by atoms with E-state index in [2.05, 4.69) is 38.1 Å². The molecular weight excluding hydrogens is 238 g/mol. The van der Waals surface area contributed by atoms with E-state index >= 15 is 0 Å². The minimum Gasteiger partial charge on any atom is -0.759 e. The van der Waals surface area contributed by atoms with Gasteiger partial charge in [-0.15, -0.1) is 0 Å². The van der Waals surface area contributed by atoms with Crippen molar-refractivity contribution in [2.75, 3.05) is 0 Å². The average Bonchev–Trinajstić information content (AvgIpc) is 1.92. The van der Waals surface area contributed by atoms with E-state index in [1.165, 1.54) is 11.1 Å². The fourth-order valence-electron chi connectivity index (χ4n) is 0.637. The van der Waals surface area contributed by atoms with E-state index in [0.717, 1.165) is 0 Å². The maximum atomic E-state index is 8.52. The van der Waals surface area contributed by atoms with E-state index in [4.69, 9.17) is 17.5 Å². The summed E-state index contributed by atoms with van der Waals surface area (Å²) in [7, 11) is -5.17. The van der Waals surface area contributed by atoms with Gasteiger partial charge >= 0.3 is 59.1 Å². The molecule has 0 fully saturated rings. The molecule has 0 aliphatic carbocycles. The SMILES string of the molecule is Cc1ccc(C)cc1.O=S(=O)([O-])[O-].[Na+].[Na+]. The van der Waals surface area contributed by atoms with Gasteiger partial charge in [0, 0.05) is 10.4 Å². The van der Waals surface area contributed by atoms with Crippen molar-refractivity contribution in [1.82, 2.24) is 0 Å². The van der Waals surface area contributed by atoms with Gasteiger partial charge in [0.15, 0.2) is 0 Å². The maximum Gasteiger partial charge on any atom is 1.00 e. The van der Waals surface area contributed by atoms with Gasteiger partial charge in [0.1, 0.15) is 0 Å². The van der Waals surface area contributed by atoms with Gasteiger partial charge in [0.2, 0.25) is 0 Å². The van der Waals surface area contributed by atoms with Crippen molar-refractivity contribution in [3.05, 3.63) is 35.4 Å². The Hall–Kier alpha value is 1.09. The third-order valence-electron chi connectivity index (χ3n) is 1.22. The molecule has 0 N–H and O–H groups in total. The molecule has 0 saturated heterocycles. The first-order chi connectivity index (χ1) is 5.79. The van der Waals surface area contributed by atoms with Crippen LogP contribution in [0.5, 0.6) is 0 Å². The van der Waals surface area contributed by atoms with Gasteiger partial charge in [0.25, 0.3) is 0 Å². The predicted molar refractivity (Wildman–Crippen MR) is 46.4 cm³/mol. The van der Waals surface area contributed by atoms with Crippen LogP contribution in [0.25, 0.3) is 0 Å². The minimum absolute atomic E-state index is 0. The van der Waals surface area contributed by atoms with Crippen molar-refractivity contribution in [3.8, 4) is 0 Å². The van der Waals surface area contributed by atoms with Crippen LogP contribution in [0.2, 0.25) is 0 Å². The van der Waals surface area contributed by atoms with Crippen LogP contribution in [0.15, 0.2) is 24.3 Å². The first-order valence-electron chi connectivity index (χ1n) is 3.49. The Kier molecular flexibility index (Phi) is 14.6. The van der Waals surface area contributed by atoms with Gasteiger partial charge < -0.3 is 9.11 Å². The molecule has 0 aliphatic rings. The normalized spacial score (nSPS) is 8.80. The molecule has 15 heavy (non-hydrogen) atoms. The molecule has 7 heteroatoms. The van der Waals surface area contributed by atoms with E-state index in [1.54, 1.807) is 0 Å². The molecule has 1 aromatic rings. The summed E-state index contributed by atoms with van der Waals surface area (Å²) in [6.45, 7) is 4.19. The molecular formula is C8H10Na2O4S. The fourth-order valence-corrected chi connectivity index (χ4v) is 0.637. The zero-order chi connectivity index (χ0) is 10.5. The Morgan fingerprint density at radius 1 is 0.867 bits per heavy atom. The van der Waals surface area contributed by atoms with Crippen LogP contribution in [0.1, 0.15) is 11.1 Å². The van der Waals surface area contributed by atoms with Crippen molar-refractivity contribution >= 4 is 10.4 Å². The quantitative estimate of drug-likeness (QED) is 0.261. The molecule has 0 radical (unpaired) electrons. The van der Waals surface area contributed by atoms with Gasteiger partial charge in [-0.05, 0) is 13.8 Å². The van der Waals surface area contributed by atoms with E-state index in [-0.39, 0.29) is 59.1 Å². The van der Waals surface area contributed by atoms with Crippen LogP contribution in [0.3, 0.4) is 0 Å². The first kappa shape index (κ1) is 21.4. The van der Waals surface area contributed by atoms with Crippen LogP contribution >= 0.6 is 0 Å². The predicted octanol–water partition coefficient (Wildman–Crippen LogP) is -5.03. The number of rotatable bonds is 0. The molecule has 0 amide bonds. The van der Waals surface area contributed by atoms with Crippen molar-refractivity contribution in [1.29, 1.82) is 0 Å². The smallest absolute Gasteiger partial charge is 0.759 e. The summed E-state index contributed by atoms with van der Waals surface area (Å²) in [5.74, 6) is 0. The zero-order valence-corrected chi connectivity index (χ0v) is 14.2. The summed E-state index contributed by atoms with van der Waals surface area (Å²) in [5, 5.41) is 0. The topological polar surface area (TPSA) is 80.3 Å². The van der Waals surface area contributed by atoms with Crippen LogP contribution < -0.4 is 59.1 Å². The second kappa shape index (κ2) is 10.3. The van der Waals surface area contributed by atoms with Gasteiger partial charge in [0.05, 0.1) is 0 Å².